The standard InChI is InChI=1S/C19H31N5O2.HI/c1-3-21-19(22-10-7-15-5-4-6-17(25)13-15)23-16-8-11-24(12-9-16)14-18(26)20-2;/h4-6,13,16,25H,3,7-12,14H2,1-2H3,(H,20,26)(H2,21,22,23);1H. The predicted octanol–water partition coefficient (Wildman–Crippen LogP) is 1.32. The Labute approximate surface area is 179 Å². The first-order valence-corrected chi connectivity index (χ1v) is 9.36. The van der Waals surface area contributed by atoms with Crippen LogP contribution in [0.1, 0.15) is 25.3 Å². The van der Waals surface area contributed by atoms with Crippen molar-refractivity contribution in [2.75, 3.05) is 39.8 Å². The van der Waals surface area contributed by atoms with Crippen molar-refractivity contribution in [2.45, 2.75) is 32.2 Å². The van der Waals surface area contributed by atoms with Gasteiger partial charge in [-0.25, -0.2) is 0 Å². The van der Waals surface area contributed by atoms with E-state index in [9.17, 15) is 9.90 Å². The SMILES string of the molecule is CCNC(=NCCc1cccc(O)c1)NC1CCN(CC(=O)NC)CC1.I. The molecular formula is C19H32IN5O2. The number of benzene rings is 1. The van der Waals surface area contributed by atoms with Gasteiger partial charge in [-0.1, -0.05) is 12.1 Å². The molecule has 152 valence electrons. The topological polar surface area (TPSA) is 89.0 Å². The minimum atomic E-state index is 0. The van der Waals surface area contributed by atoms with Crippen LogP contribution in [0.2, 0.25) is 0 Å². The Hall–Kier alpha value is -1.55. The van der Waals surface area contributed by atoms with E-state index < -0.39 is 0 Å². The number of nitrogens with zero attached hydrogens (tertiary/aromatic N) is 2. The molecule has 0 bridgehead atoms. The molecule has 1 saturated heterocycles. The number of halogens is 1. The highest BCUT2D eigenvalue weighted by Crippen LogP contribution is 2.12. The molecule has 8 heteroatoms. The maximum Gasteiger partial charge on any atom is 0.233 e. The van der Waals surface area contributed by atoms with Gasteiger partial charge < -0.3 is 21.1 Å². The van der Waals surface area contributed by atoms with Crippen LogP contribution in [0.5, 0.6) is 5.75 Å². The van der Waals surface area contributed by atoms with E-state index in [1.165, 1.54) is 0 Å². The van der Waals surface area contributed by atoms with E-state index in [-0.39, 0.29) is 29.9 Å². The smallest absolute Gasteiger partial charge is 0.233 e. The Morgan fingerprint density at radius 3 is 2.70 bits per heavy atom. The van der Waals surface area contributed by atoms with Crippen LogP contribution in [0, 0.1) is 0 Å². The Kier molecular flexibility index (Phi) is 11.1. The van der Waals surface area contributed by atoms with E-state index in [0.29, 0.717) is 24.9 Å². The number of amides is 1. The van der Waals surface area contributed by atoms with E-state index in [2.05, 4.69) is 32.8 Å². The van der Waals surface area contributed by atoms with E-state index in [1.807, 2.05) is 12.1 Å². The zero-order chi connectivity index (χ0) is 18.8. The number of guanidine groups is 1. The van der Waals surface area contributed by atoms with Gasteiger partial charge in [0.1, 0.15) is 5.75 Å². The molecule has 2 rings (SSSR count). The molecule has 1 aromatic rings. The Morgan fingerprint density at radius 1 is 1.33 bits per heavy atom. The Balaban J connectivity index is 0.00000364. The summed E-state index contributed by atoms with van der Waals surface area (Å²) in [5.41, 5.74) is 1.08. The number of carbonyl (C=O) groups excluding carboxylic acids is 1. The maximum atomic E-state index is 11.5. The van der Waals surface area contributed by atoms with Crippen LogP contribution in [0.3, 0.4) is 0 Å². The highest BCUT2D eigenvalue weighted by atomic mass is 127. The molecular weight excluding hydrogens is 457 g/mol. The third kappa shape index (κ3) is 8.79. The predicted molar refractivity (Wildman–Crippen MR) is 120 cm³/mol. The zero-order valence-corrected chi connectivity index (χ0v) is 18.5. The number of aromatic hydroxyl groups is 1. The lowest BCUT2D eigenvalue weighted by Crippen LogP contribution is -2.50. The fourth-order valence-corrected chi connectivity index (χ4v) is 3.04. The number of piperidine rings is 1. The summed E-state index contributed by atoms with van der Waals surface area (Å²) >= 11 is 0. The lowest BCUT2D eigenvalue weighted by Gasteiger charge is -2.32. The molecule has 4 N–H and O–H groups in total. The van der Waals surface area contributed by atoms with Crippen molar-refractivity contribution < 1.29 is 9.90 Å². The second-order valence-corrected chi connectivity index (χ2v) is 6.55. The average molecular weight is 489 g/mol. The first kappa shape index (κ1) is 23.5. The van der Waals surface area contributed by atoms with Gasteiger partial charge in [0, 0.05) is 39.3 Å². The summed E-state index contributed by atoms with van der Waals surface area (Å²) in [6, 6.07) is 7.67. The van der Waals surface area contributed by atoms with Crippen LogP contribution < -0.4 is 16.0 Å². The molecule has 1 aromatic carbocycles. The van der Waals surface area contributed by atoms with Crippen molar-refractivity contribution >= 4 is 35.8 Å². The Bertz CT molecular complexity index is 604. The number of rotatable bonds is 7. The number of likely N-dealkylation sites (tertiary alicyclic amines) is 1. The third-order valence-electron chi connectivity index (χ3n) is 4.50. The average Bonchev–Trinajstić information content (AvgIpc) is 2.63. The van der Waals surface area contributed by atoms with Crippen LogP contribution in [-0.2, 0) is 11.2 Å². The van der Waals surface area contributed by atoms with E-state index in [1.54, 1.807) is 19.2 Å². The summed E-state index contributed by atoms with van der Waals surface area (Å²) in [7, 11) is 1.67. The molecule has 1 heterocycles. The van der Waals surface area contributed by atoms with Crippen molar-refractivity contribution in [3.05, 3.63) is 29.8 Å². The van der Waals surface area contributed by atoms with E-state index >= 15 is 0 Å². The van der Waals surface area contributed by atoms with Gasteiger partial charge in [-0.15, -0.1) is 24.0 Å². The number of hydrogen-bond donors (Lipinski definition) is 4. The highest BCUT2D eigenvalue weighted by molar-refractivity contribution is 14.0. The lowest BCUT2D eigenvalue weighted by molar-refractivity contribution is -0.122. The lowest BCUT2D eigenvalue weighted by atomic mass is 10.1. The highest BCUT2D eigenvalue weighted by Gasteiger charge is 2.21. The first-order valence-electron chi connectivity index (χ1n) is 9.36. The van der Waals surface area contributed by atoms with Crippen LogP contribution in [0.4, 0.5) is 0 Å². The van der Waals surface area contributed by atoms with Crippen molar-refractivity contribution in [3.63, 3.8) is 0 Å². The molecule has 7 nitrogen and oxygen atoms in total. The quantitative estimate of drug-likeness (QED) is 0.264. The molecule has 0 aromatic heterocycles. The van der Waals surface area contributed by atoms with Gasteiger partial charge in [-0.3, -0.25) is 14.7 Å². The molecule has 1 aliphatic rings. The minimum Gasteiger partial charge on any atom is -0.508 e. The fraction of sp³-hybridized carbons (Fsp3) is 0.579. The number of hydrogen-bond acceptors (Lipinski definition) is 4. The number of carbonyl (C=O) groups is 1. The molecule has 0 atom stereocenters. The van der Waals surface area contributed by atoms with Crippen molar-refractivity contribution in [1.29, 1.82) is 0 Å². The molecule has 0 spiro atoms. The van der Waals surface area contributed by atoms with E-state index in [4.69, 9.17) is 0 Å². The summed E-state index contributed by atoms with van der Waals surface area (Å²) in [4.78, 5) is 18.3. The molecule has 0 aliphatic carbocycles. The monoisotopic (exact) mass is 489 g/mol. The van der Waals surface area contributed by atoms with Crippen LogP contribution in [0.25, 0.3) is 0 Å². The van der Waals surface area contributed by atoms with Crippen molar-refractivity contribution in [1.82, 2.24) is 20.9 Å². The zero-order valence-electron chi connectivity index (χ0n) is 16.2. The van der Waals surface area contributed by atoms with Crippen LogP contribution in [0.15, 0.2) is 29.3 Å². The molecule has 0 saturated carbocycles. The minimum absolute atomic E-state index is 0. The summed E-state index contributed by atoms with van der Waals surface area (Å²) in [5, 5.41) is 19.0. The van der Waals surface area contributed by atoms with Gasteiger partial charge in [0.05, 0.1) is 6.54 Å². The Morgan fingerprint density at radius 2 is 2.07 bits per heavy atom. The number of aliphatic imine (C=N–C) groups is 1. The normalized spacial score (nSPS) is 15.7. The second-order valence-electron chi connectivity index (χ2n) is 6.55. The molecule has 1 aliphatic heterocycles. The number of nitrogens with one attached hydrogen (secondary N) is 3. The van der Waals surface area contributed by atoms with Gasteiger partial charge in [0.25, 0.3) is 0 Å². The molecule has 0 unspecified atom stereocenters. The fourth-order valence-electron chi connectivity index (χ4n) is 3.04. The van der Waals surface area contributed by atoms with Gasteiger partial charge in [0.15, 0.2) is 5.96 Å². The summed E-state index contributed by atoms with van der Waals surface area (Å²) in [5.74, 6) is 1.19. The largest absolute Gasteiger partial charge is 0.508 e. The molecule has 1 fully saturated rings. The summed E-state index contributed by atoms with van der Waals surface area (Å²) in [6.45, 7) is 5.82. The van der Waals surface area contributed by atoms with Gasteiger partial charge in [0.2, 0.25) is 5.91 Å². The van der Waals surface area contributed by atoms with Crippen molar-refractivity contribution in [2.24, 2.45) is 4.99 Å². The summed E-state index contributed by atoms with van der Waals surface area (Å²) < 4.78 is 0. The van der Waals surface area contributed by atoms with Crippen LogP contribution in [-0.4, -0.2) is 67.7 Å². The van der Waals surface area contributed by atoms with Crippen molar-refractivity contribution in [3.8, 4) is 5.75 Å². The number of likely N-dealkylation sites (N-methyl/N-ethyl adjacent to an activating group) is 1. The maximum absolute atomic E-state index is 11.5. The van der Waals surface area contributed by atoms with Crippen LogP contribution >= 0.6 is 24.0 Å². The molecule has 27 heavy (non-hydrogen) atoms. The third-order valence-corrected chi connectivity index (χ3v) is 4.50. The molecule has 0 radical (unpaired) electrons. The van der Waals surface area contributed by atoms with Gasteiger partial charge in [-0.05, 0) is 43.9 Å². The second kappa shape index (κ2) is 12.8. The van der Waals surface area contributed by atoms with Gasteiger partial charge >= 0.3 is 0 Å². The van der Waals surface area contributed by atoms with E-state index in [0.717, 1.165) is 50.4 Å². The summed E-state index contributed by atoms with van der Waals surface area (Å²) in [6.07, 6.45) is 2.78. The number of phenols is 1. The number of phenolic OH excluding ortho intramolecular Hbond substituents is 1. The van der Waals surface area contributed by atoms with Gasteiger partial charge in [-0.2, -0.15) is 0 Å². The molecule has 1 amide bonds. The first-order chi connectivity index (χ1) is 12.6.